The van der Waals surface area contributed by atoms with Gasteiger partial charge in [0.1, 0.15) is 0 Å². The molecule has 0 unspecified atom stereocenters. The molecule has 0 radical (unpaired) electrons. The van der Waals surface area contributed by atoms with Crippen molar-refractivity contribution in [2.45, 2.75) is 25.8 Å². The first-order valence-corrected chi connectivity index (χ1v) is 6.61. The molecular weight excluding hydrogens is 234 g/mol. The second kappa shape index (κ2) is 6.74. The number of carbonyl (C=O) groups is 1. The minimum absolute atomic E-state index is 0.0974. The van der Waals surface area contributed by atoms with Gasteiger partial charge in [-0.25, -0.2) is 0 Å². The smallest absolute Gasteiger partial charge is 0.220 e. The van der Waals surface area contributed by atoms with E-state index < -0.39 is 0 Å². The van der Waals surface area contributed by atoms with Crippen molar-refractivity contribution in [1.82, 2.24) is 5.32 Å². The largest absolute Gasteiger partial charge is 0.352 e. The van der Waals surface area contributed by atoms with E-state index in [1.54, 1.807) is 0 Å². The van der Waals surface area contributed by atoms with E-state index in [2.05, 4.69) is 24.4 Å². The highest BCUT2D eigenvalue weighted by atomic mass is 16.1. The van der Waals surface area contributed by atoms with Crippen LogP contribution in [-0.2, 0) is 11.3 Å². The summed E-state index contributed by atoms with van der Waals surface area (Å²) in [6, 6.07) is 20.1. The maximum atomic E-state index is 11.9. The van der Waals surface area contributed by atoms with Crippen molar-refractivity contribution in [3.05, 3.63) is 71.8 Å². The van der Waals surface area contributed by atoms with Crippen molar-refractivity contribution in [3.8, 4) is 0 Å². The molecule has 0 heterocycles. The Hall–Kier alpha value is -2.09. The highest BCUT2D eigenvalue weighted by molar-refractivity contribution is 5.76. The van der Waals surface area contributed by atoms with Gasteiger partial charge in [0.2, 0.25) is 5.91 Å². The topological polar surface area (TPSA) is 29.1 Å². The van der Waals surface area contributed by atoms with Gasteiger partial charge < -0.3 is 5.32 Å². The summed E-state index contributed by atoms with van der Waals surface area (Å²) in [4.78, 5) is 11.9. The molecule has 1 amide bonds. The summed E-state index contributed by atoms with van der Waals surface area (Å²) in [7, 11) is 0. The summed E-state index contributed by atoms with van der Waals surface area (Å²) < 4.78 is 0. The van der Waals surface area contributed by atoms with Crippen molar-refractivity contribution in [1.29, 1.82) is 0 Å². The van der Waals surface area contributed by atoms with Gasteiger partial charge in [-0.2, -0.15) is 0 Å². The van der Waals surface area contributed by atoms with Gasteiger partial charge in [-0.1, -0.05) is 67.6 Å². The van der Waals surface area contributed by atoms with Crippen molar-refractivity contribution in [2.75, 3.05) is 0 Å². The lowest BCUT2D eigenvalue weighted by Gasteiger charge is -2.12. The number of benzene rings is 2. The quantitative estimate of drug-likeness (QED) is 0.868. The minimum atomic E-state index is 0.0974. The van der Waals surface area contributed by atoms with Gasteiger partial charge in [0.05, 0.1) is 0 Å². The molecule has 1 N–H and O–H groups in total. The fourth-order valence-corrected chi connectivity index (χ4v) is 2.05. The molecular formula is C17H19NO. The predicted octanol–water partition coefficient (Wildman–Crippen LogP) is 3.50. The van der Waals surface area contributed by atoms with Crippen LogP contribution in [0.1, 0.15) is 30.4 Å². The first-order valence-electron chi connectivity index (χ1n) is 6.61. The number of amides is 1. The SMILES string of the molecule is C[C@@H](CC(=O)NCc1ccccc1)c1ccccc1. The minimum Gasteiger partial charge on any atom is -0.352 e. The van der Waals surface area contributed by atoms with Crippen LogP contribution in [0.5, 0.6) is 0 Å². The summed E-state index contributed by atoms with van der Waals surface area (Å²) in [6.07, 6.45) is 0.525. The zero-order valence-electron chi connectivity index (χ0n) is 11.2. The van der Waals surface area contributed by atoms with Crippen LogP contribution in [0.25, 0.3) is 0 Å². The van der Waals surface area contributed by atoms with E-state index in [0.29, 0.717) is 13.0 Å². The van der Waals surface area contributed by atoms with Gasteiger partial charge in [-0.15, -0.1) is 0 Å². The van der Waals surface area contributed by atoms with Crippen LogP contribution in [0.4, 0.5) is 0 Å². The van der Waals surface area contributed by atoms with Crippen molar-refractivity contribution in [2.24, 2.45) is 0 Å². The molecule has 0 aromatic heterocycles. The van der Waals surface area contributed by atoms with Gasteiger partial charge in [0.25, 0.3) is 0 Å². The van der Waals surface area contributed by atoms with E-state index in [-0.39, 0.29) is 11.8 Å². The lowest BCUT2D eigenvalue weighted by atomic mass is 9.97. The Kier molecular flexibility index (Phi) is 4.73. The van der Waals surface area contributed by atoms with Gasteiger partial charge >= 0.3 is 0 Å². The van der Waals surface area contributed by atoms with Gasteiger partial charge in [0, 0.05) is 13.0 Å². The Morgan fingerprint density at radius 3 is 2.21 bits per heavy atom. The van der Waals surface area contributed by atoms with Crippen LogP contribution in [0, 0.1) is 0 Å². The molecule has 0 aliphatic carbocycles. The number of carbonyl (C=O) groups excluding carboxylic acids is 1. The van der Waals surface area contributed by atoms with E-state index in [1.807, 2.05) is 48.5 Å². The molecule has 2 aromatic carbocycles. The molecule has 0 bridgehead atoms. The van der Waals surface area contributed by atoms with Gasteiger partial charge in [-0.3, -0.25) is 4.79 Å². The number of nitrogens with one attached hydrogen (secondary N) is 1. The molecule has 1 atom stereocenters. The van der Waals surface area contributed by atoms with Crippen LogP contribution in [0.2, 0.25) is 0 Å². The molecule has 0 fully saturated rings. The molecule has 0 spiro atoms. The molecule has 2 aromatic rings. The molecule has 98 valence electrons. The van der Waals surface area contributed by atoms with Crippen LogP contribution in [0.3, 0.4) is 0 Å². The fourth-order valence-electron chi connectivity index (χ4n) is 2.05. The lowest BCUT2D eigenvalue weighted by Crippen LogP contribution is -2.24. The van der Waals surface area contributed by atoms with Crippen molar-refractivity contribution in [3.63, 3.8) is 0 Å². The molecule has 2 nitrogen and oxygen atoms in total. The summed E-state index contributed by atoms with van der Waals surface area (Å²) in [6.45, 7) is 2.68. The molecule has 0 aliphatic heterocycles. The number of rotatable bonds is 5. The Morgan fingerprint density at radius 1 is 1.00 bits per heavy atom. The normalized spacial score (nSPS) is 11.8. The second-order valence-electron chi connectivity index (χ2n) is 4.78. The zero-order valence-corrected chi connectivity index (χ0v) is 11.2. The summed E-state index contributed by atoms with van der Waals surface area (Å²) in [5.41, 5.74) is 2.33. The first-order chi connectivity index (χ1) is 9.25. The third-order valence-corrected chi connectivity index (χ3v) is 3.19. The van der Waals surface area contributed by atoms with E-state index in [1.165, 1.54) is 5.56 Å². The third-order valence-electron chi connectivity index (χ3n) is 3.19. The Labute approximate surface area is 114 Å². The van der Waals surface area contributed by atoms with E-state index in [0.717, 1.165) is 5.56 Å². The lowest BCUT2D eigenvalue weighted by molar-refractivity contribution is -0.121. The Morgan fingerprint density at radius 2 is 1.58 bits per heavy atom. The van der Waals surface area contributed by atoms with Gasteiger partial charge in [-0.05, 0) is 17.0 Å². The maximum Gasteiger partial charge on any atom is 0.220 e. The maximum absolute atomic E-state index is 11.9. The second-order valence-corrected chi connectivity index (χ2v) is 4.78. The van der Waals surface area contributed by atoms with Crippen molar-refractivity contribution < 1.29 is 4.79 Å². The summed E-state index contributed by atoms with van der Waals surface area (Å²) in [5, 5.41) is 2.96. The standard InChI is InChI=1S/C17H19NO/c1-14(16-10-6-3-7-11-16)12-17(19)18-13-15-8-4-2-5-9-15/h2-11,14H,12-13H2,1H3,(H,18,19)/t14-/m0/s1. The highest BCUT2D eigenvalue weighted by Gasteiger charge is 2.10. The van der Waals surface area contributed by atoms with E-state index in [4.69, 9.17) is 0 Å². The fraction of sp³-hybridized carbons (Fsp3) is 0.235. The third kappa shape index (κ3) is 4.25. The molecule has 2 heteroatoms. The molecule has 19 heavy (non-hydrogen) atoms. The first kappa shape index (κ1) is 13.3. The number of hydrogen-bond acceptors (Lipinski definition) is 1. The summed E-state index contributed by atoms with van der Waals surface area (Å²) in [5.74, 6) is 0.345. The van der Waals surface area contributed by atoms with Crippen molar-refractivity contribution >= 4 is 5.91 Å². The predicted molar refractivity (Wildman–Crippen MR) is 77.8 cm³/mol. The summed E-state index contributed by atoms with van der Waals surface area (Å²) >= 11 is 0. The highest BCUT2D eigenvalue weighted by Crippen LogP contribution is 2.18. The van der Waals surface area contributed by atoms with Crippen LogP contribution < -0.4 is 5.32 Å². The van der Waals surface area contributed by atoms with Gasteiger partial charge in [0.15, 0.2) is 0 Å². The average Bonchev–Trinajstić information content (AvgIpc) is 2.47. The average molecular weight is 253 g/mol. The molecule has 0 aliphatic rings. The zero-order chi connectivity index (χ0) is 13.5. The molecule has 0 saturated carbocycles. The molecule has 2 rings (SSSR count). The van der Waals surface area contributed by atoms with Crippen LogP contribution >= 0.6 is 0 Å². The van der Waals surface area contributed by atoms with E-state index >= 15 is 0 Å². The Balaban J connectivity index is 1.82. The molecule has 0 saturated heterocycles. The Bertz CT molecular complexity index is 507. The monoisotopic (exact) mass is 253 g/mol. The van der Waals surface area contributed by atoms with E-state index in [9.17, 15) is 4.79 Å². The van der Waals surface area contributed by atoms with Crippen LogP contribution in [-0.4, -0.2) is 5.91 Å². The number of hydrogen-bond donors (Lipinski definition) is 1. The van der Waals surface area contributed by atoms with Crippen LogP contribution in [0.15, 0.2) is 60.7 Å².